The van der Waals surface area contributed by atoms with Crippen molar-refractivity contribution in [1.82, 2.24) is 0 Å². The molecule has 0 fully saturated rings. The number of nitrogens with zero attached hydrogens (tertiary/aromatic N) is 1. The summed E-state index contributed by atoms with van der Waals surface area (Å²) in [5.41, 5.74) is 0.417. The Kier molecular flexibility index (Phi) is 6.01. The molecule has 0 spiro atoms. The van der Waals surface area contributed by atoms with Crippen molar-refractivity contribution >= 4 is 11.6 Å². The molecule has 1 amide bonds. The van der Waals surface area contributed by atoms with Gasteiger partial charge in [-0.2, -0.15) is 5.26 Å². The quantitative estimate of drug-likeness (QED) is 0.846. The summed E-state index contributed by atoms with van der Waals surface area (Å²) < 4.78 is 13.2. The van der Waals surface area contributed by atoms with Gasteiger partial charge in [0.05, 0.1) is 5.56 Å². The SMILES string of the molecule is CCCC(CCC)C(=O)Nc1ccc(F)c(C#N)c1. The lowest BCUT2D eigenvalue weighted by Gasteiger charge is -2.15. The molecule has 0 aromatic heterocycles. The monoisotopic (exact) mass is 262 g/mol. The third-order valence-corrected chi connectivity index (χ3v) is 3.00. The van der Waals surface area contributed by atoms with Crippen LogP contribution in [0.2, 0.25) is 0 Å². The molecule has 102 valence electrons. The maximum Gasteiger partial charge on any atom is 0.227 e. The van der Waals surface area contributed by atoms with Crippen LogP contribution >= 0.6 is 0 Å². The minimum Gasteiger partial charge on any atom is -0.326 e. The molecule has 1 aromatic rings. The Labute approximate surface area is 113 Å². The fourth-order valence-electron chi connectivity index (χ4n) is 2.04. The molecular formula is C15H19FN2O. The number of rotatable bonds is 6. The number of amides is 1. The third-order valence-electron chi connectivity index (χ3n) is 3.00. The van der Waals surface area contributed by atoms with E-state index in [4.69, 9.17) is 5.26 Å². The van der Waals surface area contributed by atoms with Crippen molar-refractivity contribution in [2.24, 2.45) is 5.92 Å². The summed E-state index contributed by atoms with van der Waals surface area (Å²) in [5.74, 6) is -0.649. The summed E-state index contributed by atoms with van der Waals surface area (Å²) in [7, 11) is 0. The van der Waals surface area contributed by atoms with Crippen molar-refractivity contribution in [2.75, 3.05) is 5.32 Å². The molecule has 4 heteroatoms. The van der Waals surface area contributed by atoms with Crippen LogP contribution in [0.1, 0.15) is 45.1 Å². The first kappa shape index (κ1) is 15.2. The number of nitriles is 1. The minimum absolute atomic E-state index is 0.0226. The number of halogens is 1. The number of carbonyl (C=O) groups is 1. The van der Waals surface area contributed by atoms with Crippen molar-refractivity contribution in [2.45, 2.75) is 39.5 Å². The van der Waals surface area contributed by atoms with Gasteiger partial charge in [-0.3, -0.25) is 4.79 Å². The minimum atomic E-state index is -0.570. The average Bonchev–Trinajstić information content (AvgIpc) is 2.40. The van der Waals surface area contributed by atoms with Gasteiger partial charge in [-0.05, 0) is 31.0 Å². The lowest BCUT2D eigenvalue weighted by molar-refractivity contribution is -0.120. The number of anilines is 1. The highest BCUT2D eigenvalue weighted by Crippen LogP contribution is 2.18. The molecule has 0 saturated carbocycles. The zero-order chi connectivity index (χ0) is 14.3. The second-order valence-corrected chi connectivity index (χ2v) is 4.57. The lowest BCUT2D eigenvalue weighted by Crippen LogP contribution is -2.22. The molecule has 0 unspecified atom stereocenters. The Hall–Kier alpha value is -1.89. The van der Waals surface area contributed by atoms with Gasteiger partial charge in [0.25, 0.3) is 0 Å². The van der Waals surface area contributed by atoms with Crippen molar-refractivity contribution in [3.05, 3.63) is 29.6 Å². The fourth-order valence-corrected chi connectivity index (χ4v) is 2.04. The number of nitrogens with one attached hydrogen (secondary N) is 1. The summed E-state index contributed by atoms with van der Waals surface area (Å²) in [6.45, 7) is 4.09. The topological polar surface area (TPSA) is 52.9 Å². The van der Waals surface area contributed by atoms with E-state index in [0.717, 1.165) is 25.7 Å². The van der Waals surface area contributed by atoms with Crippen molar-refractivity contribution in [3.63, 3.8) is 0 Å². The van der Waals surface area contributed by atoms with Crippen LogP contribution in [0.15, 0.2) is 18.2 Å². The predicted octanol–water partition coefficient (Wildman–Crippen LogP) is 3.85. The number of hydrogen-bond donors (Lipinski definition) is 1. The largest absolute Gasteiger partial charge is 0.326 e. The average molecular weight is 262 g/mol. The molecule has 0 saturated heterocycles. The smallest absolute Gasteiger partial charge is 0.227 e. The van der Waals surface area contributed by atoms with Crippen LogP contribution in [0.3, 0.4) is 0 Å². The van der Waals surface area contributed by atoms with Crippen molar-refractivity contribution in [1.29, 1.82) is 5.26 Å². The second-order valence-electron chi connectivity index (χ2n) is 4.57. The molecule has 3 nitrogen and oxygen atoms in total. The summed E-state index contributed by atoms with van der Waals surface area (Å²) in [5, 5.41) is 11.5. The highest BCUT2D eigenvalue weighted by atomic mass is 19.1. The van der Waals surface area contributed by atoms with E-state index in [9.17, 15) is 9.18 Å². The van der Waals surface area contributed by atoms with Gasteiger partial charge in [0, 0.05) is 11.6 Å². The highest BCUT2D eigenvalue weighted by molar-refractivity contribution is 5.92. The van der Waals surface area contributed by atoms with E-state index >= 15 is 0 Å². The van der Waals surface area contributed by atoms with E-state index in [1.165, 1.54) is 18.2 Å². The number of hydrogen-bond acceptors (Lipinski definition) is 2. The molecule has 0 aliphatic carbocycles. The Balaban J connectivity index is 2.78. The van der Waals surface area contributed by atoms with Gasteiger partial charge < -0.3 is 5.32 Å². The van der Waals surface area contributed by atoms with Crippen LogP contribution in [0.4, 0.5) is 10.1 Å². The standard InChI is InChI=1S/C15H19FN2O/c1-3-5-11(6-4-2)15(19)18-13-7-8-14(16)12(9-13)10-17/h7-9,11H,3-6H2,1-2H3,(H,18,19). The molecule has 0 aliphatic rings. The van der Waals surface area contributed by atoms with Gasteiger partial charge >= 0.3 is 0 Å². The van der Waals surface area contributed by atoms with Crippen LogP contribution in [0, 0.1) is 23.1 Å². The second kappa shape index (κ2) is 7.52. The molecule has 0 atom stereocenters. The molecule has 1 N–H and O–H groups in total. The van der Waals surface area contributed by atoms with E-state index in [1.54, 1.807) is 6.07 Å². The molecule has 0 heterocycles. The van der Waals surface area contributed by atoms with E-state index < -0.39 is 5.82 Å². The van der Waals surface area contributed by atoms with E-state index in [2.05, 4.69) is 5.32 Å². The normalized spacial score (nSPS) is 10.3. The van der Waals surface area contributed by atoms with E-state index in [1.807, 2.05) is 13.8 Å². The first-order valence-electron chi connectivity index (χ1n) is 6.62. The van der Waals surface area contributed by atoms with Gasteiger partial charge in [0.2, 0.25) is 5.91 Å². The molecular weight excluding hydrogens is 243 g/mol. The maximum atomic E-state index is 13.2. The van der Waals surface area contributed by atoms with E-state index in [-0.39, 0.29) is 17.4 Å². The molecule has 1 aromatic carbocycles. The Bertz CT molecular complexity index is 474. The van der Waals surface area contributed by atoms with Crippen LogP contribution in [-0.2, 0) is 4.79 Å². The van der Waals surface area contributed by atoms with Gasteiger partial charge in [-0.1, -0.05) is 26.7 Å². The van der Waals surface area contributed by atoms with Gasteiger partial charge in [-0.15, -0.1) is 0 Å². The summed E-state index contributed by atoms with van der Waals surface area (Å²) >= 11 is 0. The molecule has 0 radical (unpaired) electrons. The van der Waals surface area contributed by atoms with Crippen LogP contribution in [-0.4, -0.2) is 5.91 Å². The van der Waals surface area contributed by atoms with Gasteiger partial charge in [0.15, 0.2) is 0 Å². The van der Waals surface area contributed by atoms with E-state index in [0.29, 0.717) is 5.69 Å². The lowest BCUT2D eigenvalue weighted by atomic mass is 9.97. The molecule has 0 aliphatic heterocycles. The Morgan fingerprint density at radius 3 is 2.53 bits per heavy atom. The fraction of sp³-hybridized carbons (Fsp3) is 0.467. The zero-order valence-electron chi connectivity index (χ0n) is 11.4. The van der Waals surface area contributed by atoms with Crippen molar-refractivity contribution in [3.8, 4) is 6.07 Å². The Morgan fingerprint density at radius 1 is 1.37 bits per heavy atom. The summed E-state index contributed by atoms with van der Waals surface area (Å²) in [6.07, 6.45) is 3.58. The first-order chi connectivity index (χ1) is 9.12. The predicted molar refractivity (Wildman–Crippen MR) is 73.1 cm³/mol. The first-order valence-corrected chi connectivity index (χ1v) is 6.62. The third kappa shape index (κ3) is 4.36. The maximum absolute atomic E-state index is 13.2. The van der Waals surface area contributed by atoms with Gasteiger partial charge in [-0.25, -0.2) is 4.39 Å². The highest BCUT2D eigenvalue weighted by Gasteiger charge is 2.17. The summed E-state index contributed by atoms with van der Waals surface area (Å²) in [6, 6.07) is 5.80. The van der Waals surface area contributed by atoms with Crippen LogP contribution in [0.5, 0.6) is 0 Å². The zero-order valence-corrected chi connectivity index (χ0v) is 11.4. The number of carbonyl (C=O) groups excluding carboxylic acids is 1. The number of benzene rings is 1. The van der Waals surface area contributed by atoms with Crippen molar-refractivity contribution < 1.29 is 9.18 Å². The molecule has 19 heavy (non-hydrogen) atoms. The molecule has 0 bridgehead atoms. The summed E-state index contributed by atoms with van der Waals surface area (Å²) in [4.78, 5) is 12.1. The van der Waals surface area contributed by atoms with Crippen LogP contribution in [0.25, 0.3) is 0 Å². The molecule has 1 rings (SSSR count). The van der Waals surface area contributed by atoms with Gasteiger partial charge in [0.1, 0.15) is 11.9 Å². The Morgan fingerprint density at radius 2 is 2.00 bits per heavy atom. The van der Waals surface area contributed by atoms with Crippen LogP contribution < -0.4 is 5.32 Å².